The Labute approximate surface area is 178 Å². The van der Waals surface area contributed by atoms with Gasteiger partial charge < -0.3 is 14.8 Å². The topological polar surface area (TPSA) is 78.3 Å². The molecule has 3 rings (SSSR count). The average Bonchev–Trinajstić information content (AvgIpc) is 3.20. The van der Waals surface area contributed by atoms with Gasteiger partial charge in [-0.25, -0.2) is 9.48 Å². The largest absolute Gasteiger partial charge is 0.494 e. The van der Waals surface area contributed by atoms with Crippen molar-refractivity contribution in [3.8, 4) is 5.75 Å². The molecule has 0 aliphatic carbocycles. The molecule has 1 atom stereocenters. The number of hydrogen-bond acceptors (Lipinski definition) is 6. The lowest BCUT2D eigenvalue weighted by Gasteiger charge is -2.29. The van der Waals surface area contributed by atoms with Crippen LogP contribution < -0.4 is 10.1 Å². The minimum absolute atomic E-state index is 0.328. The van der Waals surface area contributed by atoms with Crippen LogP contribution in [0.1, 0.15) is 70.9 Å². The zero-order valence-electron chi connectivity index (χ0n) is 18.2. The molecular weight excluding hydrogens is 380 g/mol. The summed E-state index contributed by atoms with van der Waals surface area (Å²) >= 11 is 0. The molecule has 0 radical (unpaired) electrons. The van der Waals surface area contributed by atoms with Crippen molar-refractivity contribution >= 4 is 11.9 Å². The Morgan fingerprint density at radius 1 is 1.13 bits per heavy atom. The van der Waals surface area contributed by atoms with Crippen LogP contribution in [0.25, 0.3) is 0 Å². The molecule has 0 fully saturated rings. The summed E-state index contributed by atoms with van der Waals surface area (Å²) in [6.45, 7) is 6.97. The number of para-hydroxylation sites is 1. The van der Waals surface area contributed by atoms with Crippen LogP contribution in [0.5, 0.6) is 5.75 Å². The average molecular weight is 413 g/mol. The molecule has 1 aromatic heterocycles. The lowest BCUT2D eigenvalue weighted by molar-refractivity contribution is -0.139. The van der Waals surface area contributed by atoms with Gasteiger partial charge in [0.2, 0.25) is 5.95 Å². The first-order valence-electron chi connectivity index (χ1n) is 10.9. The van der Waals surface area contributed by atoms with Crippen molar-refractivity contribution in [3.05, 3.63) is 47.4 Å². The van der Waals surface area contributed by atoms with E-state index >= 15 is 0 Å². The van der Waals surface area contributed by atoms with Gasteiger partial charge in [0.1, 0.15) is 18.1 Å². The Hall–Kier alpha value is -2.83. The first-order valence-corrected chi connectivity index (χ1v) is 10.9. The number of allylic oxidation sites excluding steroid dienone is 1. The van der Waals surface area contributed by atoms with E-state index in [-0.39, 0.29) is 5.97 Å². The number of rotatable bonds is 11. The maximum atomic E-state index is 13.1. The van der Waals surface area contributed by atoms with Crippen molar-refractivity contribution in [2.75, 3.05) is 18.5 Å². The smallest absolute Gasteiger partial charge is 0.338 e. The first kappa shape index (κ1) is 21.9. The Bertz CT molecular complexity index is 875. The van der Waals surface area contributed by atoms with E-state index in [1.807, 2.05) is 38.1 Å². The third-order valence-electron chi connectivity index (χ3n) is 5.26. The number of nitrogens with zero attached hydrogens (tertiary/aromatic N) is 3. The molecule has 7 heteroatoms. The zero-order chi connectivity index (χ0) is 21.3. The van der Waals surface area contributed by atoms with Crippen molar-refractivity contribution in [3.63, 3.8) is 0 Å². The van der Waals surface area contributed by atoms with Crippen molar-refractivity contribution in [1.29, 1.82) is 0 Å². The summed E-state index contributed by atoms with van der Waals surface area (Å²) in [5.74, 6) is 0.990. The lowest BCUT2D eigenvalue weighted by Crippen LogP contribution is -2.30. The highest BCUT2D eigenvalue weighted by Crippen LogP contribution is 2.39. The molecule has 7 nitrogen and oxygen atoms in total. The van der Waals surface area contributed by atoms with Gasteiger partial charge in [0, 0.05) is 11.3 Å². The van der Waals surface area contributed by atoms with Crippen LogP contribution >= 0.6 is 0 Å². The molecule has 162 valence electrons. The van der Waals surface area contributed by atoms with E-state index in [2.05, 4.69) is 22.3 Å². The van der Waals surface area contributed by atoms with E-state index in [1.165, 1.54) is 32.0 Å². The molecule has 0 amide bonds. The van der Waals surface area contributed by atoms with Gasteiger partial charge in [-0.05, 0) is 26.3 Å². The van der Waals surface area contributed by atoms with Crippen LogP contribution in [0, 0.1) is 0 Å². The highest BCUT2D eigenvalue weighted by Gasteiger charge is 2.35. The molecule has 30 heavy (non-hydrogen) atoms. The van der Waals surface area contributed by atoms with Gasteiger partial charge >= 0.3 is 5.97 Å². The maximum Gasteiger partial charge on any atom is 0.338 e. The zero-order valence-corrected chi connectivity index (χ0v) is 18.2. The molecule has 0 saturated heterocycles. The van der Waals surface area contributed by atoms with Crippen LogP contribution in [0.2, 0.25) is 0 Å². The number of unbranched alkanes of at least 4 members (excludes halogenated alkanes) is 5. The third-order valence-corrected chi connectivity index (χ3v) is 5.26. The molecular formula is C23H32N4O3. The van der Waals surface area contributed by atoms with Crippen LogP contribution in [0.15, 0.2) is 41.9 Å². The van der Waals surface area contributed by atoms with Crippen molar-refractivity contribution in [2.45, 2.75) is 65.3 Å². The molecule has 1 N–H and O–H groups in total. The number of ether oxygens (including phenoxy) is 2. The number of carbonyl (C=O) groups is 1. The standard InChI is InChI=1S/C23H32N4O3/c1-4-6-7-8-9-12-15-30-22(28)20-17(3)26-23-24-16-25-27(23)21(20)18-13-10-11-14-19(18)29-5-2/h10-11,13-14,16,21H,4-9,12,15H2,1-3H3,(H,24,25,26)/t21-/m1/s1. The number of fused-ring (bicyclic) bond motifs is 1. The number of hydrogen-bond donors (Lipinski definition) is 1. The molecule has 2 aromatic rings. The summed E-state index contributed by atoms with van der Waals surface area (Å²) in [7, 11) is 0. The quantitative estimate of drug-likeness (QED) is 0.419. The molecule has 1 aliphatic heterocycles. The van der Waals surface area contributed by atoms with E-state index in [9.17, 15) is 4.79 Å². The minimum atomic E-state index is -0.455. The summed E-state index contributed by atoms with van der Waals surface area (Å²) in [4.78, 5) is 17.4. The molecule has 2 heterocycles. The second-order valence-corrected chi connectivity index (χ2v) is 7.47. The molecule has 0 bridgehead atoms. The summed E-state index contributed by atoms with van der Waals surface area (Å²) in [5.41, 5.74) is 2.12. The fraction of sp³-hybridized carbons (Fsp3) is 0.522. The Morgan fingerprint density at radius 3 is 2.70 bits per heavy atom. The SMILES string of the molecule is CCCCCCCCOC(=O)C1=C(C)Nc2ncnn2[C@@H]1c1ccccc1OCC. The van der Waals surface area contributed by atoms with E-state index in [0.29, 0.717) is 24.7 Å². The molecule has 0 saturated carbocycles. The molecule has 0 spiro atoms. The van der Waals surface area contributed by atoms with E-state index in [0.717, 1.165) is 29.9 Å². The lowest BCUT2D eigenvalue weighted by atomic mass is 9.95. The highest BCUT2D eigenvalue weighted by molar-refractivity contribution is 5.92. The van der Waals surface area contributed by atoms with Gasteiger partial charge in [-0.3, -0.25) is 0 Å². The highest BCUT2D eigenvalue weighted by atomic mass is 16.5. The summed E-state index contributed by atoms with van der Waals surface area (Å²) in [6, 6.07) is 7.27. The number of nitrogens with one attached hydrogen (secondary N) is 1. The van der Waals surface area contributed by atoms with Gasteiger partial charge in [-0.2, -0.15) is 10.1 Å². The second kappa shape index (κ2) is 10.8. The van der Waals surface area contributed by atoms with E-state index < -0.39 is 6.04 Å². The minimum Gasteiger partial charge on any atom is -0.494 e. The van der Waals surface area contributed by atoms with Crippen molar-refractivity contribution in [1.82, 2.24) is 14.8 Å². The van der Waals surface area contributed by atoms with Crippen LogP contribution in [-0.2, 0) is 9.53 Å². The number of anilines is 1. The van der Waals surface area contributed by atoms with Crippen LogP contribution in [0.4, 0.5) is 5.95 Å². The van der Waals surface area contributed by atoms with E-state index in [4.69, 9.17) is 9.47 Å². The third kappa shape index (κ3) is 5.01. The van der Waals surface area contributed by atoms with Gasteiger partial charge in [-0.15, -0.1) is 0 Å². The summed E-state index contributed by atoms with van der Waals surface area (Å²) in [5, 5.41) is 7.54. The van der Waals surface area contributed by atoms with Crippen LogP contribution in [-0.4, -0.2) is 33.9 Å². The van der Waals surface area contributed by atoms with E-state index in [1.54, 1.807) is 4.68 Å². The fourth-order valence-electron chi connectivity index (χ4n) is 3.76. The number of aromatic nitrogens is 3. The molecule has 0 unspecified atom stereocenters. The number of esters is 1. The molecule has 1 aliphatic rings. The number of carbonyl (C=O) groups excluding carboxylic acids is 1. The van der Waals surface area contributed by atoms with Gasteiger partial charge in [0.15, 0.2) is 0 Å². The Balaban J connectivity index is 1.79. The Kier molecular flexibility index (Phi) is 7.88. The van der Waals surface area contributed by atoms with Crippen molar-refractivity contribution in [2.24, 2.45) is 0 Å². The predicted octanol–water partition coefficient (Wildman–Crippen LogP) is 4.87. The second-order valence-electron chi connectivity index (χ2n) is 7.47. The monoisotopic (exact) mass is 412 g/mol. The normalized spacial score (nSPS) is 15.5. The van der Waals surface area contributed by atoms with Gasteiger partial charge in [0.05, 0.1) is 18.8 Å². The first-order chi connectivity index (χ1) is 14.7. The van der Waals surface area contributed by atoms with Gasteiger partial charge in [-0.1, -0.05) is 57.2 Å². The maximum absolute atomic E-state index is 13.1. The van der Waals surface area contributed by atoms with Crippen molar-refractivity contribution < 1.29 is 14.3 Å². The fourth-order valence-corrected chi connectivity index (χ4v) is 3.76. The summed E-state index contributed by atoms with van der Waals surface area (Å²) in [6.07, 6.45) is 8.35. The Morgan fingerprint density at radius 2 is 1.90 bits per heavy atom. The van der Waals surface area contributed by atoms with Gasteiger partial charge in [0.25, 0.3) is 0 Å². The summed E-state index contributed by atoms with van der Waals surface area (Å²) < 4.78 is 13.2. The van der Waals surface area contributed by atoms with Crippen LogP contribution in [0.3, 0.4) is 0 Å². The number of benzene rings is 1. The predicted molar refractivity (Wildman–Crippen MR) is 116 cm³/mol. The molecule has 1 aromatic carbocycles.